The maximum Gasteiger partial charge on any atom is 0.194 e. The molecule has 1 N–H and O–H groups in total. The van der Waals surface area contributed by atoms with Crippen molar-refractivity contribution in [1.29, 1.82) is 0 Å². The van der Waals surface area contributed by atoms with E-state index in [1.807, 2.05) is 24.3 Å². The third kappa shape index (κ3) is 2.72. The normalized spacial score (nSPS) is 11.3. The van der Waals surface area contributed by atoms with Gasteiger partial charge in [-0.1, -0.05) is 42.4 Å². The predicted octanol–water partition coefficient (Wildman–Crippen LogP) is 4.31. The Bertz CT molecular complexity index is 720. The van der Waals surface area contributed by atoms with E-state index in [-0.39, 0.29) is 0 Å². The van der Waals surface area contributed by atoms with Gasteiger partial charge in [-0.2, -0.15) is 0 Å². The molecular weight excluding hydrogens is 310 g/mol. The molecule has 0 atom stereocenters. The van der Waals surface area contributed by atoms with Gasteiger partial charge in [0, 0.05) is 23.0 Å². The average molecular weight is 324 g/mol. The molecular formula is C14H14ClN3S2. The van der Waals surface area contributed by atoms with Gasteiger partial charge in [0.15, 0.2) is 4.96 Å². The molecule has 0 fully saturated rings. The van der Waals surface area contributed by atoms with Crippen LogP contribution in [-0.2, 0) is 6.54 Å². The summed E-state index contributed by atoms with van der Waals surface area (Å²) in [5.74, 6) is 0. The monoisotopic (exact) mass is 323 g/mol. The lowest BCUT2D eigenvalue weighted by molar-refractivity contribution is 0.694. The fraction of sp³-hybridized carbons (Fsp3) is 0.214. The van der Waals surface area contributed by atoms with Crippen molar-refractivity contribution in [2.24, 2.45) is 0 Å². The van der Waals surface area contributed by atoms with Crippen molar-refractivity contribution >= 4 is 39.7 Å². The smallest absolute Gasteiger partial charge is 0.194 e. The number of nitrogens with one attached hydrogen (secondary N) is 1. The van der Waals surface area contributed by atoms with Crippen molar-refractivity contribution in [2.75, 3.05) is 6.54 Å². The minimum atomic E-state index is 0.767. The summed E-state index contributed by atoms with van der Waals surface area (Å²) in [6, 6.07) is 7.87. The zero-order chi connectivity index (χ0) is 13.9. The topological polar surface area (TPSA) is 29.3 Å². The van der Waals surface area contributed by atoms with Crippen molar-refractivity contribution in [3.8, 4) is 0 Å². The van der Waals surface area contributed by atoms with Crippen LogP contribution >= 0.6 is 34.7 Å². The number of aromatic nitrogens is 2. The lowest BCUT2D eigenvalue weighted by Gasteiger charge is -2.05. The molecule has 0 aliphatic heterocycles. The zero-order valence-corrected chi connectivity index (χ0v) is 13.4. The number of hydrogen-bond acceptors (Lipinski definition) is 4. The van der Waals surface area contributed by atoms with Gasteiger partial charge < -0.3 is 5.32 Å². The summed E-state index contributed by atoms with van der Waals surface area (Å²) in [6.45, 7) is 3.85. The molecule has 0 unspecified atom stereocenters. The number of fused-ring (bicyclic) bond motifs is 1. The molecule has 1 aromatic carbocycles. The highest BCUT2D eigenvalue weighted by Crippen LogP contribution is 2.35. The minimum absolute atomic E-state index is 0.767. The number of thiazole rings is 1. The fourth-order valence-electron chi connectivity index (χ4n) is 1.93. The second-order valence-electron chi connectivity index (χ2n) is 4.23. The van der Waals surface area contributed by atoms with E-state index in [4.69, 9.17) is 16.6 Å². The number of halogens is 1. The first-order chi connectivity index (χ1) is 9.79. The molecule has 0 saturated heterocycles. The van der Waals surface area contributed by atoms with Gasteiger partial charge in [-0.05, 0) is 18.7 Å². The Morgan fingerprint density at radius 3 is 3.05 bits per heavy atom. The van der Waals surface area contributed by atoms with E-state index in [2.05, 4.69) is 28.2 Å². The van der Waals surface area contributed by atoms with Gasteiger partial charge in [-0.15, -0.1) is 11.3 Å². The van der Waals surface area contributed by atoms with Crippen LogP contribution in [0.4, 0.5) is 0 Å². The minimum Gasteiger partial charge on any atom is -0.311 e. The fourth-order valence-corrected chi connectivity index (χ4v) is 3.91. The van der Waals surface area contributed by atoms with Gasteiger partial charge in [-0.3, -0.25) is 4.40 Å². The number of nitrogens with zero attached hydrogens (tertiary/aromatic N) is 2. The second kappa shape index (κ2) is 6.18. The Morgan fingerprint density at radius 1 is 1.40 bits per heavy atom. The van der Waals surface area contributed by atoms with Crippen LogP contribution in [0, 0.1) is 0 Å². The Labute approximate surface area is 131 Å². The summed E-state index contributed by atoms with van der Waals surface area (Å²) in [5.41, 5.74) is 1.19. The molecule has 0 amide bonds. The van der Waals surface area contributed by atoms with Crippen molar-refractivity contribution in [3.05, 3.63) is 46.6 Å². The van der Waals surface area contributed by atoms with E-state index >= 15 is 0 Å². The highest BCUT2D eigenvalue weighted by molar-refractivity contribution is 7.99. The van der Waals surface area contributed by atoms with Crippen LogP contribution < -0.4 is 5.32 Å². The first-order valence-corrected chi connectivity index (χ1v) is 8.44. The molecule has 2 heterocycles. The molecule has 3 nitrogen and oxygen atoms in total. The van der Waals surface area contributed by atoms with Gasteiger partial charge in [0.1, 0.15) is 5.03 Å². The number of imidazole rings is 1. The van der Waals surface area contributed by atoms with E-state index in [0.29, 0.717) is 0 Å². The second-order valence-corrected chi connectivity index (χ2v) is 6.54. The van der Waals surface area contributed by atoms with Crippen molar-refractivity contribution in [3.63, 3.8) is 0 Å². The highest BCUT2D eigenvalue weighted by Gasteiger charge is 2.14. The summed E-state index contributed by atoms with van der Waals surface area (Å²) in [4.78, 5) is 6.77. The zero-order valence-electron chi connectivity index (χ0n) is 11.0. The molecule has 104 valence electrons. The van der Waals surface area contributed by atoms with Gasteiger partial charge in [0.05, 0.1) is 10.7 Å². The molecule has 3 aromatic rings. The Kier molecular flexibility index (Phi) is 4.31. The number of benzene rings is 1. The average Bonchev–Trinajstić information content (AvgIpc) is 3.00. The first-order valence-electron chi connectivity index (χ1n) is 6.37. The summed E-state index contributed by atoms with van der Waals surface area (Å²) in [6.07, 6.45) is 2.07. The van der Waals surface area contributed by atoms with Crippen molar-refractivity contribution < 1.29 is 0 Å². The van der Waals surface area contributed by atoms with E-state index < -0.39 is 0 Å². The van der Waals surface area contributed by atoms with E-state index in [1.54, 1.807) is 23.1 Å². The maximum atomic E-state index is 6.24. The Hall–Kier alpha value is -1.01. The maximum absolute atomic E-state index is 6.24. The van der Waals surface area contributed by atoms with E-state index in [1.165, 1.54) is 5.69 Å². The molecule has 20 heavy (non-hydrogen) atoms. The van der Waals surface area contributed by atoms with Crippen LogP contribution in [0.1, 0.15) is 12.6 Å². The summed E-state index contributed by atoms with van der Waals surface area (Å²) < 4.78 is 2.15. The lowest BCUT2D eigenvalue weighted by Crippen LogP contribution is -2.13. The number of rotatable bonds is 5. The third-order valence-electron chi connectivity index (χ3n) is 2.91. The van der Waals surface area contributed by atoms with Gasteiger partial charge >= 0.3 is 0 Å². The molecule has 2 aromatic heterocycles. The van der Waals surface area contributed by atoms with Gasteiger partial charge in [0.25, 0.3) is 0 Å². The van der Waals surface area contributed by atoms with E-state index in [0.717, 1.165) is 33.0 Å². The van der Waals surface area contributed by atoms with Gasteiger partial charge in [0.2, 0.25) is 0 Å². The van der Waals surface area contributed by atoms with Crippen molar-refractivity contribution in [2.45, 2.75) is 23.4 Å². The Morgan fingerprint density at radius 2 is 2.25 bits per heavy atom. The molecule has 0 saturated carbocycles. The van der Waals surface area contributed by atoms with Crippen LogP contribution in [0.2, 0.25) is 5.02 Å². The molecule has 0 aliphatic carbocycles. The van der Waals surface area contributed by atoms with Crippen LogP contribution in [0.5, 0.6) is 0 Å². The standard InChI is InChI=1S/C14H14ClN3S2/c1-2-16-9-11-13(17-14-18(11)7-8-19-14)20-12-6-4-3-5-10(12)15/h3-8,16H,2,9H2,1H3. The number of hydrogen-bond donors (Lipinski definition) is 1. The Balaban J connectivity index is 1.97. The third-order valence-corrected chi connectivity index (χ3v) is 5.20. The van der Waals surface area contributed by atoms with Crippen LogP contribution in [0.3, 0.4) is 0 Å². The van der Waals surface area contributed by atoms with E-state index in [9.17, 15) is 0 Å². The predicted molar refractivity (Wildman–Crippen MR) is 86.0 cm³/mol. The highest BCUT2D eigenvalue weighted by atomic mass is 35.5. The van der Waals surface area contributed by atoms with Crippen molar-refractivity contribution in [1.82, 2.24) is 14.7 Å². The molecule has 0 bridgehead atoms. The quantitative estimate of drug-likeness (QED) is 0.758. The van der Waals surface area contributed by atoms with Crippen LogP contribution in [-0.4, -0.2) is 15.9 Å². The molecule has 0 aliphatic rings. The summed E-state index contributed by atoms with van der Waals surface area (Å²) in [7, 11) is 0. The first kappa shape index (κ1) is 13.9. The van der Waals surface area contributed by atoms with Gasteiger partial charge in [-0.25, -0.2) is 4.98 Å². The van der Waals surface area contributed by atoms with Crippen LogP contribution in [0.15, 0.2) is 45.8 Å². The lowest BCUT2D eigenvalue weighted by atomic mass is 10.4. The SMILES string of the molecule is CCNCc1c(Sc2ccccc2Cl)nc2sccn12. The molecule has 3 rings (SSSR count). The molecule has 6 heteroatoms. The molecule has 0 spiro atoms. The summed E-state index contributed by atoms with van der Waals surface area (Å²) >= 11 is 9.51. The summed E-state index contributed by atoms with van der Waals surface area (Å²) in [5, 5.41) is 7.21. The van der Waals surface area contributed by atoms with Crippen LogP contribution in [0.25, 0.3) is 4.96 Å². The molecule has 0 radical (unpaired) electrons. The largest absolute Gasteiger partial charge is 0.311 e.